The van der Waals surface area contributed by atoms with Crippen molar-refractivity contribution < 1.29 is 27.5 Å². The van der Waals surface area contributed by atoms with Gasteiger partial charge >= 0.3 is 6.09 Å². The van der Waals surface area contributed by atoms with Gasteiger partial charge in [-0.25, -0.2) is 13.2 Å². The van der Waals surface area contributed by atoms with Gasteiger partial charge in [-0.3, -0.25) is 14.1 Å². The molecule has 1 atom stereocenters. The highest BCUT2D eigenvalue weighted by atomic mass is 32.2. The zero-order chi connectivity index (χ0) is 29.5. The molecule has 0 bridgehead atoms. The smallest absolute Gasteiger partial charge is 0.410 e. The van der Waals surface area contributed by atoms with Gasteiger partial charge in [0.25, 0.3) is 15.9 Å². The van der Waals surface area contributed by atoms with Crippen molar-refractivity contribution >= 4 is 27.7 Å². The molecular weight excluding hydrogens is 544 g/mol. The number of carbonyl (C=O) groups is 2. The molecule has 5 rings (SSSR count). The van der Waals surface area contributed by atoms with Crippen LogP contribution in [0.4, 0.5) is 10.5 Å². The third-order valence-corrected chi connectivity index (χ3v) is 8.74. The molecule has 2 aliphatic heterocycles. The Labute approximate surface area is 240 Å². The Balaban J connectivity index is 1.41. The van der Waals surface area contributed by atoms with Gasteiger partial charge in [0.2, 0.25) is 0 Å². The molecule has 1 aromatic heterocycles. The van der Waals surface area contributed by atoms with Gasteiger partial charge in [-0.05, 0) is 81.1 Å². The molecule has 1 N–H and O–H groups in total. The molecule has 2 aromatic carbocycles. The number of aryl methyl sites for hydroxylation is 2. The van der Waals surface area contributed by atoms with Crippen molar-refractivity contribution in [3.8, 4) is 16.9 Å². The summed E-state index contributed by atoms with van der Waals surface area (Å²) in [6.45, 7) is 9.66. The number of nitrogens with one attached hydrogen (secondary N) is 1. The molecule has 1 fully saturated rings. The lowest BCUT2D eigenvalue weighted by Gasteiger charge is -2.41. The maximum Gasteiger partial charge on any atom is 0.410 e. The highest BCUT2D eigenvalue weighted by Crippen LogP contribution is 2.41. The summed E-state index contributed by atoms with van der Waals surface area (Å²) in [5.41, 5.74) is 3.43. The van der Waals surface area contributed by atoms with Gasteiger partial charge in [-0.1, -0.05) is 24.3 Å². The van der Waals surface area contributed by atoms with E-state index in [4.69, 9.17) is 9.47 Å². The normalized spacial score (nSPS) is 17.2. The summed E-state index contributed by atoms with van der Waals surface area (Å²) >= 11 is 0. The molecule has 1 unspecified atom stereocenters. The molecule has 0 saturated carbocycles. The lowest BCUT2D eigenvalue weighted by Crippen LogP contribution is -2.64. The van der Waals surface area contributed by atoms with E-state index >= 15 is 0 Å². The van der Waals surface area contributed by atoms with E-state index in [0.29, 0.717) is 18.8 Å². The fourth-order valence-electron chi connectivity index (χ4n) is 4.99. The van der Waals surface area contributed by atoms with Crippen molar-refractivity contribution in [1.82, 2.24) is 15.2 Å². The zero-order valence-electron chi connectivity index (χ0n) is 23.7. The Morgan fingerprint density at radius 3 is 2.29 bits per heavy atom. The van der Waals surface area contributed by atoms with E-state index in [0.717, 1.165) is 22.3 Å². The minimum Gasteiger partial charge on any atom is -0.476 e. The second-order valence-corrected chi connectivity index (χ2v) is 13.2. The number of rotatable bonds is 5. The summed E-state index contributed by atoms with van der Waals surface area (Å²) in [6.07, 6.45) is 2.00. The molecule has 2 amide bonds. The maximum atomic E-state index is 13.9. The minimum atomic E-state index is -4.03. The highest BCUT2D eigenvalue weighted by Gasteiger charge is 2.40. The number of aromatic nitrogens is 1. The van der Waals surface area contributed by atoms with E-state index in [1.807, 2.05) is 19.9 Å². The molecule has 0 radical (unpaired) electrons. The molecule has 10 nitrogen and oxygen atoms in total. The molecule has 3 heterocycles. The van der Waals surface area contributed by atoms with Gasteiger partial charge < -0.3 is 19.7 Å². The molecule has 0 spiro atoms. The minimum absolute atomic E-state index is 0.112. The fraction of sp³-hybridized carbons (Fsp3) is 0.367. The van der Waals surface area contributed by atoms with Crippen molar-refractivity contribution in [2.45, 2.75) is 57.3 Å². The van der Waals surface area contributed by atoms with Crippen LogP contribution in [0.25, 0.3) is 11.1 Å². The first-order valence-corrected chi connectivity index (χ1v) is 14.9. The number of ether oxygens (including phenoxy) is 2. The number of carbonyl (C=O) groups excluding carboxylic acids is 2. The maximum absolute atomic E-state index is 13.9. The predicted octanol–water partition coefficient (Wildman–Crippen LogP) is 4.06. The Kier molecular flexibility index (Phi) is 7.41. The van der Waals surface area contributed by atoms with Gasteiger partial charge in [0.15, 0.2) is 6.10 Å². The summed E-state index contributed by atoms with van der Waals surface area (Å²) in [5, 5.41) is 2.89. The number of likely N-dealkylation sites (tertiary alicyclic amines) is 1. The molecule has 1 saturated heterocycles. The van der Waals surface area contributed by atoms with Crippen LogP contribution in [0.3, 0.4) is 0 Å². The number of nitrogens with zero attached hydrogens (tertiary/aromatic N) is 3. The summed E-state index contributed by atoms with van der Waals surface area (Å²) in [4.78, 5) is 31.4. The summed E-state index contributed by atoms with van der Waals surface area (Å²) in [6, 6.07) is 13.2. The monoisotopic (exact) mass is 578 g/mol. The van der Waals surface area contributed by atoms with E-state index < -0.39 is 33.7 Å². The number of anilines is 1. The van der Waals surface area contributed by atoms with Crippen molar-refractivity contribution in [2.75, 3.05) is 23.9 Å². The average molecular weight is 579 g/mol. The van der Waals surface area contributed by atoms with Crippen LogP contribution in [0.2, 0.25) is 0 Å². The number of amides is 2. The summed E-state index contributed by atoms with van der Waals surface area (Å²) in [5.74, 6) is -0.171. The van der Waals surface area contributed by atoms with E-state index in [9.17, 15) is 18.0 Å². The number of pyridine rings is 1. The quantitative estimate of drug-likeness (QED) is 0.485. The van der Waals surface area contributed by atoms with Crippen LogP contribution >= 0.6 is 0 Å². The van der Waals surface area contributed by atoms with Crippen LogP contribution in [0, 0.1) is 13.8 Å². The topological polar surface area (TPSA) is 118 Å². The Morgan fingerprint density at radius 1 is 1.00 bits per heavy atom. The van der Waals surface area contributed by atoms with Crippen LogP contribution < -0.4 is 14.4 Å². The predicted molar refractivity (Wildman–Crippen MR) is 154 cm³/mol. The van der Waals surface area contributed by atoms with Gasteiger partial charge in [0.1, 0.15) is 11.4 Å². The number of hydrogen-bond donors (Lipinski definition) is 1. The van der Waals surface area contributed by atoms with Crippen molar-refractivity contribution in [1.29, 1.82) is 0 Å². The number of benzene rings is 2. The molecule has 41 heavy (non-hydrogen) atoms. The first kappa shape index (κ1) is 28.4. The van der Waals surface area contributed by atoms with Crippen molar-refractivity contribution in [3.05, 3.63) is 72.1 Å². The van der Waals surface area contributed by atoms with E-state index in [-0.39, 0.29) is 23.2 Å². The van der Waals surface area contributed by atoms with Crippen LogP contribution in [-0.2, 0) is 19.6 Å². The first-order chi connectivity index (χ1) is 19.3. The van der Waals surface area contributed by atoms with Gasteiger partial charge in [-0.15, -0.1) is 0 Å². The number of fused-ring (bicyclic) bond motifs is 1. The van der Waals surface area contributed by atoms with E-state index in [2.05, 4.69) is 10.3 Å². The zero-order valence-corrected chi connectivity index (χ0v) is 24.6. The van der Waals surface area contributed by atoms with Gasteiger partial charge in [0, 0.05) is 25.5 Å². The number of sulfonamides is 1. The van der Waals surface area contributed by atoms with Crippen LogP contribution in [-0.4, -0.2) is 67.7 Å². The molecular formula is C30H34N4O6S. The van der Waals surface area contributed by atoms with Crippen molar-refractivity contribution in [3.63, 3.8) is 0 Å². The Bertz CT molecular complexity index is 1560. The SMILES string of the molecule is Cc1cncc(C)c1-c1ccc2c(c1)N(S(=O)(=O)c1ccccc1)CC(C(=O)NC1CN(C(=O)OC(C)(C)C)C1)O2. The largest absolute Gasteiger partial charge is 0.476 e. The Morgan fingerprint density at radius 2 is 1.66 bits per heavy atom. The third-order valence-electron chi connectivity index (χ3n) is 6.95. The van der Waals surface area contributed by atoms with Crippen LogP contribution in [0.1, 0.15) is 31.9 Å². The van der Waals surface area contributed by atoms with E-state index in [1.54, 1.807) is 63.5 Å². The van der Waals surface area contributed by atoms with Crippen LogP contribution in [0.15, 0.2) is 65.8 Å². The van der Waals surface area contributed by atoms with Crippen LogP contribution in [0.5, 0.6) is 5.75 Å². The summed E-state index contributed by atoms with van der Waals surface area (Å²) in [7, 11) is -4.03. The average Bonchev–Trinajstić information content (AvgIpc) is 2.89. The lowest BCUT2D eigenvalue weighted by molar-refractivity contribution is -0.129. The molecule has 3 aromatic rings. The van der Waals surface area contributed by atoms with Crippen molar-refractivity contribution in [2.24, 2.45) is 0 Å². The highest BCUT2D eigenvalue weighted by molar-refractivity contribution is 7.92. The standard InChI is InChI=1S/C30H34N4O6S/c1-19-14-31-15-20(2)27(19)21-11-12-25-24(13-21)34(41(37,38)23-9-7-6-8-10-23)18-26(39-25)28(35)32-22-16-33(17-22)29(36)40-30(3,4)5/h6-15,22,26H,16-18H2,1-5H3,(H,32,35). The first-order valence-electron chi connectivity index (χ1n) is 13.4. The number of hydrogen-bond acceptors (Lipinski definition) is 7. The second kappa shape index (κ2) is 10.7. The van der Waals surface area contributed by atoms with Gasteiger partial charge in [-0.2, -0.15) is 0 Å². The fourth-order valence-corrected chi connectivity index (χ4v) is 6.48. The van der Waals surface area contributed by atoms with Gasteiger partial charge in [0.05, 0.1) is 23.2 Å². The third kappa shape index (κ3) is 5.85. The molecule has 0 aliphatic carbocycles. The molecule has 2 aliphatic rings. The Hall–Kier alpha value is -4.12. The second-order valence-electron chi connectivity index (χ2n) is 11.4. The van der Waals surface area contributed by atoms with E-state index in [1.165, 1.54) is 21.3 Å². The molecule has 11 heteroatoms. The molecule has 216 valence electrons. The summed E-state index contributed by atoms with van der Waals surface area (Å²) < 4.78 is 40.5. The lowest BCUT2D eigenvalue weighted by atomic mass is 9.97.